The maximum Gasteiger partial charge on any atom is 0.254 e. The summed E-state index contributed by atoms with van der Waals surface area (Å²) in [4.78, 5) is 29.7. The molecule has 37 heavy (non-hydrogen) atoms. The predicted octanol–water partition coefficient (Wildman–Crippen LogP) is 5.63. The molecule has 0 aliphatic carbocycles. The smallest absolute Gasteiger partial charge is 0.254 e. The van der Waals surface area contributed by atoms with Gasteiger partial charge in [0.15, 0.2) is 0 Å². The first kappa shape index (κ1) is 25.8. The van der Waals surface area contributed by atoms with Gasteiger partial charge in [0, 0.05) is 28.7 Å². The highest BCUT2D eigenvalue weighted by Gasteiger charge is 2.45. The van der Waals surface area contributed by atoms with Gasteiger partial charge >= 0.3 is 0 Å². The molecule has 2 N–H and O–H groups in total. The van der Waals surface area contributed by atoms with Crippen LogP contribution in [0.15, 0.2) is 72.8 Å². The Bertz CT molecular complexity index is 1260. The summed E-state index contributed by atoms with van der Waals surface area (Å²) in [6.45, 7) is 2.94. The number of hydrogen-bond donors (Lipinski definition) is 2. The third-order valence-electron chi connectivity index (χ3n) is 7.47. The third-order valence-corrected chi connectivity index (χ3v) is 8.03. The number of carbonyl (C=O) groups is 2. The maximum atomic E-state index is 13.9. The number of fused-ring (bicyclic) bond motifs is 1. The minimum absolute atomic E-state index is 0.0570. The lowest BCUT2D eigenvalue weighted by Crippen LogP contribution is -2.50. The zero-order valence-electron chi connectivity index (χ0n) is 20.6. The van der Waals surface area contributed by atoms with Crippen molar-refractivity contribution in [2.24, 2.45) is 5.92 Å². The first-order valence-corrected chi connectivity index (χ1v) is 13.7. The number of nitrogens with one attached hydrogen (secondary N) is 2. The normalized spacial score (nSPS) is 19.9. The molecule has 5 rings (SSSR count). The van der Waals surface area contributed by atoms with Gasteiger partial charge < -0.3 is 15.5 Å². The van der Waals surface area contributed by atoms with E-state index in [1.165, 1.54) is 0 Å². The number of carbonyl (C=O) groups excluding carboxylic acids is 2. The number of benzene rings is 3. The van der Waals surface area contributed by atoms with Crippen molar-refractivity contribution < 1.29 is 9.59 Å². The first-order valence-electron chi connectivity index (χ1n) is 12.9. The quantitative estimate of drug-likeness (QED) is 0.412. The van der Waals surface area contributed by atoms with Crippen LogP contribution in [-0.2, 0) is 11.2 Å². The molecule has 1 fully saturated rings. The van der Waals surface area contributed by atoms with Crippen LogP contribution in [0.3, 0.4) is 0 Å². The fraction of sp³-hybridized carbons (Fsp3) is 0.333. The van der Waals surface area contributed by atoms with Gasteiger partial charge in [0.25, 0.3) is 5.91 Å². The molecule has 7 heteroatoms. The Morgan fingerprint density at radius 3 is 2.43 bits per heavy atom. The van der Waals surface area contributed by atoms with Crippen molar-refractivity contribution in [2.75, 3.05) is 26.2 Å². The van der Waals surface area contributed by atoms with Gasteiger partial charge in [-0.05, 0) is 73.2 Å². The van der Waals surface area contributed by atoms with Crippen LogP contribution in [0.5, 0.6) is 0 Å². The number of hydrogen-bond acceptors (Lipinski definition) is 3. The van der Waals surface area contributed by atoms with Crippen molar-refractivity contribution in [1.82, 2.24) is 15.5 Å². The number of nitrogens with zero attached hydrogens (tertiary/aromatic N) is 1. The van der Waals surface area contributed by atoms with Crippen molar-refractivity contribution in [2.45, 2.75) is 31.2 Å². The van der Waals surface area contributed by atoms with Gasteiger partial charge in [-0.25, -0.2) is 0 Å². The van der Waals surface area contributed by atoms with Gasteiger partial charge in [-0.1, -0.05) is 77.8 Å². The monoisotopic (exact) mass is 535 g/mol. The molecule has 2 aliphatic heterocycles. The van der Waals surface area contributed by atoms with Crippen LogP contribution >= 0.6 is 23.2 Å². The Morgan fingerprint density at radius 1 is 0.946 bits per heavy atom. The van der Waals surface area contributed by atoms with Crippen molar-refractivity contribution in [1.29, 1.82) is 0 Å². The summed E-state index contributed by atoms with van der Waals surface area (Å²) >= 11 is 13.0. The van der Waals surface area contributed by atoms with E-state index in [0.29, 0.717) is 34.6 Å². The molecular formula is C30H31Cl2N3O2. The summed E-state index contributed by atoms with van der Waals surface area (Å²) in [6, 6.07) is 22.4. The molecule has 2 heterocycles. The largest absolute Gasteiger partial charge is 0.355 e. The molecule has 0 unspecified atom stereocenters. The summed E-state index contributed by atoms with van der Waals surface area (Å²) in [7, 11) is 0. The Morgan fingerprint density at radius 2 is 1.68 bits per heavy atom. The van der Waals surface area contributed by atoms with Gasteiger partial charge in [-0.15, -0.1) is 0 Å². The molecular weight excluding hydrogens is 505 g/mol. The van der Waals surface area contributed by atoms with Crippen LogP contribution in [-0.4, -0.2) is 42.9 Å². The SMILES string of the molecule is O=C(NCCc1ccccc1)[C@@H]1c2ccccc2C(=O)N(CC2CCNCC2)[C@H]1c1ccc(Cl)cc1Cl. The average molecular weight is 537 g/mol. The highest BCUT2D eigenvalue weighted by atomic mass is 35.5. The van der Waals surface area contributed by atoms with E-state index >= 15 is 0 Å². The minimum atomic E-state index is -0.593. The highest BCUT2D eigenvalue weighted by Crippen LogP contribution is 2.45. The molecule has 2 atom stereocenters. The van der Waals surface area contributed by atoms with Gasteiger partial charge in [0.05, 0.1) is 12.0 Å². The van der Waals surface area contributed by atoms with Gasteiger partial charge in [0.1, 0.15) is 0 Å². The fourth-order valence-corrected chi connectivity index (χ4v) is 6.11. The number of piperidine rings is 1. The number of amides is 2. The minimum Gasteiger partial charge on any atom is -0.355 e. The van der Waals surface area contributed by atoms with E-state index in [9.17, 15) is 9.59 Å². The lowest BCUT2D eigenvalue weighted by Gasteiger charge is -2.44. The first-order chi connectivity index (χ1) is 18.0. The fourth-order valence-electron chi connectivity index (χ4n) is 5.59. The number of halogens is 2. The lowest BCUT2D eigenvalue weighted by atomic mass is 9.78. The van der Waals surface area contributed by atoms with Crippen molar-refractivity contribution in [3.63, 3.8) is 0 Å². The molecule has 0 spiro atoms. The Balaban J connectivity index is 1.52. The zero-order chi connectivity index (χ0) is 25.8. The van der Waals surface area contributed by atoms with Crippen LogP contribution in [0.4, 0.5) is 0 Å². The second-order valence-corrected chi connectivity index (χ2v) is 10.7. The van der Waals surface area contributed by atoms with Gasteiger partial charge in [0.2, 0.25) is 5.91 Å². The second kappa shape index (κ2) is 11.7. The molecule has 1 saturated heterocycles. The molecule has 2 amide bonds. The number of rotatable bonds is 7. The van der Waals surface area contributed by atoms with Crippen LogP contribution in [0.2, 0.25) is 10.0 Å². The molecule has 0 aromatic heterocycles. The third kappa shape index (κ3) is 5.69. The molecule has 2 aliphatic rings. The molecule has 3 aromatic rings. The van der Waals surface area contributed by atoms with Gasteiger partial charge in [-0.2, -0.15) is 0 Å². The molecule has 0 radical (unpaired) electrons. The van der Waals surface area contributed by atoms with E-state index in [0.717, 1.165) is 49.0 Å². The van der Waals surface area contributed by atoms with E-state index in [1.54, 1.807) is 12.1 Å². The highest BCUT2D eigenvalue weighted by molar-refractivity contribution is 6.35. The lowest BCUT2D eigenvalue weighted by molar-refractivity contribution is -0.124. The Hall–Kier alpha value is -2.86. The zero-order valence-corrected chi connectivity index (χ0v) is 22.1. The van der Waals surface area contributed by atoms with Gasteiger partial charge in [-0.3, -0.25) is 9.59 Å². The van der Waals surface area contributed by atoms with Crippen LogP contribution in [0, 0.1) is 5.92 Å². The van der Waals surface area contributed by atoms with E-state index in [1.807, 2.05) is 53.4 Å². The van der Waals surface area contributed by atoms with Crippen molar-refractivity contribution in [3.05, 3.63) is 105 Å². The summed E-state index contributed by atoms with van der Waals surface area (Å²) in [6.07, 6.45) is 2.70. The van der Waals surface area contributed by atoms with E-state index in [4.69, 9.17) is 23.2 Å². The average Bonchev–Trinajstić information content (AvgIpc) is 2.91. The standard InChI is InChI=1S/C30H31Cl2N3O2/c31-22-10-11-25(26(32)18-22)28-27(29(36)34-17-14-20-6-2-1-3-7-20)23-8-4-5-9-24(23)30(37)35(28)19-21-12-15-33-16-13-21/h1-11,18,21,27-28,33H,12-17,19H2,(H,34,36)/t27-,28+/m1/s1. The topological polar surface area (TPSA) is 61.4 Å². The molecule has 3 aromatic carbocycles. The molecule has 0 bridgehead atoms. The Kier molecular flexibility index (Phi) is 8.14. The Labute approximate surface area is 228 Å². The summed E-state index contributed by atoms with van der Waals surface area (Å²) < 4.78 is 0. The second-order valence-electron chi connectivity index (χ2n) is 9.85. The summed E-state index contributed by atoms with van der Waals surface area (Å²) in [5, 5.41) is 7.53. The molecule has 5 nitrogen and oxygen atoms in total. The predicted molar refractivity (Wildman–Crippen MR) is 148 cm³/mol. The molecule has 0 saturated carbocycles. The molecule has 192 valence electrons. The summed E-state index contributed by atoms with van der Waals surface area (Å²) in [5.74, 6) is -0.406. The van der Waals surface area contributed by atoms with Crippen molar-refractivity contribution in [3.8, 4) is 0 Å². The van der Waals surface area contributed by atoms with E-state index in [-0.39, 0.29) is 11.8 Å². The van der Waals surface area contributed by atoms with Crippen LogP contribution < -0.4 is 10.6 Å². The van der Waals surface area contributed by atoms with Crippen LogP contribution in [0.25, 0.3) is 0 Å². The van der Waals surface area contributed by atoms with Crippen molar-refractivity contribution >= 4 is 35.0 Å². The van der Waals surface area contributed by atoms with E-state index < -0.39 is 12.0 Å². The maximum absolute atomic E-state index is 13.9. The van der Waals surface area contributed by atoms with E-state index in [2.05, 4.69) is 22.8 Å². The van der Waals surface area contributed by atoms with Crippen LogP contribution in [0.1, 0.15) is 51.8 Å². The summed E-state index contributed by atoms with van der Waals surface area (Å²) in [5.41, 5.74) is 3.22.